The van der Waals surface area contributed by atoms with E-state index in [4.69, 9.17) is 0 Å². The van der Waals surface area contributed by atoms with Gasteiger partial charge in [0.2, 0.25) is 0 Å². The van der Waals surface area contributed by atoms with E-state index in [0.29, 0.717) is 0 Å². The Morgan fingerprint density at radius 1 is 0.156 bits per heavy atom. The van der Waals surface area contributed by atoms with Gasteiger partial charge in [0.1, 0.15) is 0 Å². The Morgan fingerprint density at radius 3 is 0.578 bits per heavy atom. The van der Waals surface area contributed by atoms with Gasteiger partial charge in [-0.2, -0.15) is 0 Å². The molecule has 0 aliphatic heterocycles. The molecule has 0 spiro atoms. The van der Waals surface area contributed by atoms with Crippen molar-refractivity contribution in [1.82, 2.24) is 0 Å². The minimum Gasteiger partial charge on any atom is -0.0617 e. The zero-order valence-electron chi connectivity index (χ0n) is 59.4. The van der Waals surface area contributed by atoms with Crippen LogP contribution in [0.3, 0.4) is 0 Å². The molecule has 0 nitrogen and oxygen atoms in total. The van der Waals surface area contributed by atoms with Crippen LogP contribution in [-0.2, 0) is 6.42 Å². The second-order valence-electron chi connectivity index (χ2n) is 25.7. The lowest BCUT2D eigenvalue weighted by atomic mass is 9.93. The highest BCUT2D eigenvalue weighted by atomic mass is 14.1. The topological polar surface area (TPSA) is 0 Å². The van der Waals surface area contributed by atoms with Crippen LogP contribution in [0.5, 0.6) is 0 Å². The van der Waals surface area contributed by atoms with Crippen LogP contribution < -0.4 is 0 Å². The molecule has 0 saturated heterocycles. The van der Waals surface area contributed by atoms with Crippen molar-refractivity contribution in [2.75, 3.05) is 0 Å². The fourth-order valence-corrected chi connectivity index (χ4v) is 10.3. The molecule has 11 rings (SSSR count). The quantitative estimate of drug-likeness (QED) is 0.161. The molecule has 0 bridgehead atoms. The molecule has 466 valence electrons. The van der Waals surface area contributed by atoms with E-state index in [1.807, 2.05) is 0 Å². The molecule has 0 aliphatic rings. The first-order valence-corrected chi connectivity index (χ1v) is 32.2. The Hall–Kier alpha value is -8.58. The van der Waals surface area contributed by atoms with Crippen LogP contribution in [0.15, 0.2) is 212 Å². The Labute approximate surface area is 547 Å². The van der Waals surface area contributed by atoms with Crippen LogP contribution in [-0.4, -0.2) is 0 Å². The first-order chi connectivity index (χ1) is 42.6. The smallest absolute Gasteiger partial charge is 0.00258 e. The maximum absolute atomic E-state index is 2.30. The molecular weight excluding hydrogens is 1080 g/mol. The molecule has 11 aromatic rings. The summed E-state index contributed by atoms with van der Waals surface area (Å²) in [6.45, 7) is 49.6. The molecule has 0 aliphatic carbocycles. The van der Waals surface area contributed by atoms with Crippen molar-refractivity contribution in [2.45, 2.75) is 166 Å². The molecule has 0 aromatic heterocycles. The first kappa shape index (κ1) is 72.2. The number of rotatable bonds is 5. The monoisotopic (exact) mass is 1190 g/mol. The van der Waals surface area contributed by atoms with Gasteiger partial charge in [0.15, 0.2) is 0 Å². The second kappa shape index (κ2) is 35.0. The van der Waals surface area contributed by atoms with Crippen molar-refractivity contribution >= 4 is 0 Å². The van der Waals surface area contributed by atoms with Gasteiger partial charge in [0, 0.05) is 0 Å². The number of benzene rings is 11. The maximum atomic E-state index is 2.30. The number of hydrogen-bond acceptors (Lipinski definition) is 0. The van der Waals surface area contributed by atoms with E-state index in [2.05, 4.69) is 372 Å². The molecule has 0 heterocycles. The van der Waals surface area contributed by atoms with Gasteiger partial charge in [-0.05, 0) is 288 Å². The molecule has 0 amide bonds. The van der Waals surface area contributed by atoms with Crippen molar-refractivity contribution in [2.24, 2.45) is 0 Å². The average Bonchev–Trinajstić information content (AvgIpc) is 1.22. The van der Waals surface area contributed by atoms with Gasteiger partial charge in [-0.3, -0.25) is 0 Å². The normalized spacial score (nSPS) is 10.2. The van der Waals surface area contributed by atoms with Crippen LogP contribution in [0.4, 0.5) is 0 Å². The summed E-state index contributed by atoms with van der Waals surface area (Å²) in [7, 11) is 0. The molecule has 0 radical (unpaired) electrons. The zero-order chi connectivity index (χ0) is 66.4. The fourth-order valence-electron chi connectivity index (χ4n) is 10.3. The fraction of sp³-hybridized carbons (Fsp3) is 0.267. The molecule has 0 fully saturated rings. The molecule has 0 N–H and O–H groups in total. The first-order valence-electron chi connectivity index (χ1n) is 32.2. The molecule has 0 heteroatoms. The molecular formula is C90H106. The van der Waals surface area contributed by atoms with E-state index in [9.17, 15) is 0 Å². The minimum absolute atomic E-state index is 1.03. The second-order valence-corrected chi connectivity index (χ2v) is 25.7. The molecule has 0 unspecified atom stereocenters. The van der Waals surface area contributed by atoms with E-state index >= 15 is 0 Å². The van der Waals surface area contributed by atoms with Crippen molar-refractivity contribution < 1.29 is 0 Å². The van der Waals surface area contributed by atoms with E-state index < -0.39 is 0 Å². The lowest BCUT2D eigenvalue weighted by Crippen LogP contribution is -1.92. The van der Waals surface area contributed by atoms with Gasteiger partial charge < -0.3 is 0 Å². The average molecular weight is 1190 g/mol. The highest BCUT2D eigenvalue weighted by Crippen LogP contribution is 2.30. The highest BCUT2D eigenvalue weighted by Gasteiger charge is 2.09. The summed E-state index contributed by atoms with van der Waals surface area (Å²) < 4.78 is 0. The minimum atomic E-state index is 1.03. The van der Waals surface area contributed by atoms with Gasteiger partial charge in [0.05, 0.1) is 0 Å². The summed E-state index contributed by atoms with van der Waals surface area (Å²) in [4.78, 5) is 0. The van der Waals surface area contributed by atoms with Gasteiger partial charge in [-0.25, -0.2) is 0 Å². The van der Waals surface area contributed by atoms with Crippen LogP contribution in [0.1, 0.15) is 139 Å². The maximum Gasteiger partial charge on any atom is -0.00258 e. The number of aryl methyl sites for hydroxylation is 19. The third kappa shape index (κ3) is 23.4. The summed E-state index contributed by atoms with van der Waals surface area (Å²) in [5, 5.41) is 0. The van der Waals surface area contributed by atoms with Crippen molar-refractivity contribution in [1.29, 1.82) is 0 Å². The van der Waals surface area contributed by atoms with Gasteiger partial charge in [0.25, 0.3) is 0 Å². The third-order valence-electron chi connectivity index (χ3n) is 17.5. The summed E-state index contributed by atoms with van der Waals surface area (Å²) >= 11 is 0. The van der Waals surface area contributed by atoms with Gasteiger partial charge >= 0.3 is 0 Å². The predicted molar refractivity (Wildman–Crippen MR) is 400 cm³/mol. The van der Waals surface area contributed by atoms with Crippen LogP contribution in [0.2, 0.25) is 0 Å². The van der Waals surface area contributed by atoms with E-state index in [-0.39, 0.29) is 0 Å². The van der Waals surface area contributed by atoms with Gasteiger partial charge in [-0.1, -0.05) is 262 Å². The highest BCUT2D eigenvalue weighted by molar-refractivity contribution is 5.70. The Morgan fingerprint density at radius 2 is 0.367 bits per heavy atom. The van der Waals surface area contributed by atoms with Gasteiger partial charge in [-0.15, -0.1) is 0 Å². The summed E-state index contributed by atoms with van der Waals surface area (Å²) in [6, 6.07) is 76.6. The lowest BCUT2D eigenvalue weighted by molar-refractivity contribution is 1.18. The molecule has 0 saturated carbocycles. The third-order valence-corrected chi connectivity index (χ3v) is 17.5. The van der Waals surface area contributed by atoms with E-state index in [1.54, 1.807) is 0 Å². The summed E-state index contributed by atoms with van der Waals surface area (Å²) in [5.41, 5.74) is 42.0. The van der Waals surface area contributed by atoms with Crippen LogP contribution in [0, 0.1) is 159 Å². The van der Waals surface area contributed by atoms with Crippen molar-refractivity contribution in [3.63, 3.8) is 0 Å². The Kier molecular flexibility index (Phi) is 28.0. The zero-order valence-corrected chi connectivity index (χ0v) is 59.4. The van der Waals surface area contributed by atoms with Crippen LogP contribution >= 0.6 is 0 Å². The Balaban J connectivity index is 0.000000195. The summed E-state index contributed by atoms with van der Waals surface area (Å²) in [6.07, 6.45) is 1.03. The standard InChI is InChI=1S/2C18H22.C15H16.C14H14.C9H12.2C8H10/c2*1-11-7-17(8-12(2)15(11)5)18-9-13(3)16(6)14(4)10-18;1-12-3-7-14(8-4-12)11-15-9-5-13(2)6-10-15;1-11-3-7-13(8-4-11)14-9-5-12(2)6-10-14;1-7-4-5-8(2)9(3)6-7;1-7-3-5-8(2)6-4-7;1-7-4-3-5-8(2)6-7/h2*7-10H,1-6H3;3-10H,11H2,1-2H3;3-10H,1-2H3;4-6H,1-3H3;2*3-6H,1-2H3. The van der Waals surface area contributed by atoms with Crippen LogP contribution in [0.25, 0.3) is 33.4 Å². The molecule has 11 aromatic carbocycles. The summed E-state index contributed by atoms with van der Waals surface area (Å²) in [5.74, 6) is 0. The molecule has 0 atom stereocenters. The van der Waals surface area contributed by atoms with Crippen molar-refractivity contribution in [3.8, 4) is 33.4 Å². The lowest BCUT2D eigenvalue weighted by Gasteiger charge is -2.12. The SMILES string of the molecule is Cc1cc(-c2cc(C)c(C)c(C)c2)cc(C)c1C.Cc1cc(-c2cc(C)c(C)c(C)c2)cc(C)c1C.Cc1ccc(-c2ccc(C)cc2)cc1.Cc1ccc(C)c(C)c1.Cc1ccc(C)cc1.Cc1ccc(Cc2ccc(C)cc2)cc1.Cc1cccc(C)c1. The Bertz CT molecular complexity index is 3590. The largest absolute Gasteiger partial charge is 0.0617 e. The van der Waals surface area contributed by atoms with E-state index in [0.717, 1.165) is 6.42 Å². The predicted octanol–water partition coefficient (Wildman–Crippen LogP) is 25.5. The van der Waals surface area contributed by atoms with E-state index in [1.165, 1.54) is 172 Å². The van der Waals surface area contributed by atoms with Crippen molar-refractivity contribution in [3.05, 3.63) is 351 Å². The number of hydrogen-bond donors (Lipinski definition) is 0. The molecule has 90 heavy (non-hydrogen) atoms.